The third-order valence-corrected chi connectivity index (χ3v) is 7.01. The van der Waals surface area contributed by atoms with Gasteiger partial charge >= 0.3 is 6.18 Å². The first-order chi connectivity index (χ1) is 14.5. The van der Waals surface area contributed by atoms with Gasteiger partial charge in [0.1, 0.15) is 0 Å². The van der Waals surface area contributed by atoms with Crippen LogP contribution in [0.15, 0.2) is 23.1 Å². The zero-order valence-corrected chi connectivity index (χ0v) is 18.3. The first kappa shape index (κ1) is 23.5. The fourth-order valence-corrected chi connectivity index (χ4v) is 5.05. The third kappa shape index (κ3) is 5.36. The molecule has 1 fully saturated rings. The molecule has 172 valence electrons. The fourth-order valence-electron chi connectivity index (χ4n) is 3.51. The molecule has 0 aliphatic carbocycles. The number of carbonyl (C=O) groups excluding carboxylic acids is 1. The van der Waals surface area contributed by atoms with Gasteiger partial charge in [-0.3, -0.25) is 4.79 Å². The Morgan fingerprint density at radius 1 is 1.23 bits per heavy atom. The molecule has 31 heavy (non-hydrogen) atoms. The Morgan fingerprint density at radius 3 is 2.52 bits per heavy atom. The highest BCUT2D eigenvalue weighted by Gasteiger charge is 2.38. The van der Waals surface area contributed by atoms with E-state index in [4.69, 9.17) is 0 Å². The standard InChI is InChI=1S/C19H26F3N5O3S/c1-25(2)12-8-23-17(28)7-11-27-16-6-5-14(31(29,30)26-9-3-4-10-26)13-15(16)24-18(27)19(20,21)22/h5-6,13H,3-4,7-12H2,1-2H3,(H,23,28). The molecule has 0 radical (unpaired) electrons. The molecule has 2 heterocycles. The molecule has 8 nitrogen and oxygen atoms in total. The monoisotopic (exact) mass is 461 g/mol. The van der Waals surface area contributed by atoms with Crippen molar-refractivity contribution in [2.45, 2.75) is 36.9 Å². The SMILES string of the molecule is CN(C)CCNC(=O)CCn1c(C(F)(F)F)nc2cc(S(=O)(=O)N3CCCC3)ccc21. The number of fused-ring (bicyclic) bond motifs is 1. The van der Waals surface area contributed by atoms with Gasteiger partial charge < -0.3 is 14.8 Å². The van der Waals surface area contributed by atoms with E-state index < -0.39 is 22.0 Å². The quantitative estimate of drug-likeness (QED) is 0.649. The second-order valence-corrected chi connectivity index (χ2v) is 9.69. The van der Waals surface area contributed by atoms with E-state index in [-0.39, 0.29) is 34.8 Å². The van der Waals surface area contributed by atoms with Crippen molar-refractivity contribution in [2.75, 3.05) is 40.3 Å². The van der Waals surface area contributed by atoms with Crippen LogP contribution in [0.25, 0.3) is 11.0 Å². The predicted octanol–water partition coefficient (Wildman–Crippen LogP) is 1.91. The summed E-state index contributed by atoms with van der Waals surface area (Å²) in [6.07, 6.45) is -3.39. The Balaban J connectivity index is 1.87. The lowest BCUT2D eigenvalue weighted by Crippen LogP contribution is -2.32. The van der Waals surface area contributed by atoms with Gasteiger partial charge in [0.25, 0.3) is 0 Å². The van der Waals surface area contributed by atoms with E-state index in [0.717, 1.165) is 17.4 Å². The number of sulfonamides is 1. The summed E-state index contributed by atoms with van der Waals surface area (Å²) in [4.78, 5) is 17.5. The lowest BCUT2D eigenvalue weighted by atomic mass is 10.3. The molecular weight excluding hydrogens is 435 g/mol. The minimum absolute atomic E-state index is 0.0689. The van der Waals surface area contributed by atoms with Gasteiger partial charge in [0.05, 0.1) is 15.9 Å². The predicted molar refractivity (Wildman–Crippen MR) is 109 cm³/mol. The van der Waals surface area contributed by atoms with Gasteiger partial charge in [-0.2, -0.15) is 17.5 Å². The van der Waals surface area contributed by atoms with Crippen LogP contribution in [0.2, 0.25) is 0 Å². The molecule has 1 aromatic carbocycles. The van der Waals surface area contributed by atoms with Gasteiger partial charge in [-0.05, 0) is 45.1 Å². The number of nitrogens with one attached hydrogen (secondary N) is 1. The molecule has 1 amide bonds. The molecule has 1 aliphatic heterocycles. The third-order valence-electron chi connectivity index (χ3n) is 5.12. The maximum Gasteiger partial charge on any atom is 0.449 e. The van der Waals surface area contributed by atoms with Gasteiger partial charge in [0.15, 0.2) is 0 Å². The van der Waals surface area contributed by atoms with Crippen LogP contribution in [-0.4, -0.2) is 73.4 Å². The van der Waals surface area contributed by atoms with Gasteiger partial charge in [-0.1, -0.05) is 0 Å². The Kier molecular flexibility index (Phi) is 6.92. The molecule has 1 N–H and O–H groups in total. The Morgan fingerprint density at radius 2 is 1.90 bits per heavy atom. The topological polar surface area (TPSA) is 87.5 Å². The van der Waals surface area contributed by atoms with E-state index in [2.05, 4.69) is 10.3 Å². The number of halogens is 3. The fraction of sp³-hybridized carbons (Fsp3) is 0.579. The number of benzene rings is 1. The molecule has 0 spiro atoms. The molecule has 0 unspecified atom stereocenters. The van der Waals surface area contributed by atoms with Crippen LogP contribution in [0.3, 0.4) is 0 Å². The number of amides is 1. The molecule has 1 aliphatic rings. The maximum atomic E-state index is 13.6. The van der Waals surface area contributed by atoms with E-state index >= 15 is 0 Å². The van der Waals surface area contributed by atoms with E-state index in [0.29, 0.717) is 26.2 Å². The lowest BCUT2D eigenvalue weighted by molar-refractivity contribution is -0.147. The molecule has 0 atom stereocenters. The Labute approximate surface area is 179 Å². The van der Waals surface area contributed by atoms with Crippen molar-refractivity contribution < 1.29 is 26.4 Å². The Bertz CT molecular complexity index is 1040. The first-order valence-electron chi connectivity index (χ1n) is 9.99. The smallest absolute Gasteiger partial charge is 0.355 e. The summed E-state index contributed by atoms with van der Waals surface area (Å²) in [5.41, 5.74) is 0.0643. The normalized spacial score (nSPS) is 15.8. The van der Waals surface area contributed by atoms with E-state index in [1.54, 1.807) is 0 Å². The van der Waals surface area contributed by atoms with E-state index in [1.807, 2.05) is 19.0 Å². The summed E-state index contributed by atoms with van der Waals surface area (Å²) in [5.74, 6) is -1.52. The van der Waals surface area contributed by atoms with Crippen molar-refractivity contribution in [3.63, 3.8) is 0 Å². The summed E-state index contributed by atoms with van der Waals surface area (Å²) in [5, 5.41) is 2.66. The van der Waals surface area contributed by atoms with Crippen molar-refractivity contribution in [1.29, 1.82) is 0 Å². The number of likely N-dealkylation sites (N-methyl/N-ethyl adjacent to an activating group) is 1. The summed E-state index contributed by atoms with van der Waals surface area (Å²) in [7, 11) is -0.0879. The van der Waals surface area contributed by atoms with Gasteiger partial charge in [-0.15, -0.1) is 0 Å². The van der Waals surface area contributed by atoms with Crippen molar-refractivity contribution in [3.8, 4) is 0 Å². The average molecular weight is 462 g/mol. The number of rotatable bonds is 8. The van der Waals surface area contributed by atoms with Crippen LogP contribution in [0.5, 0.6) is 0 Å². The lowest BCUT2D eigenvalue weighted by Gasteiger charge is -2.15. The molecule has 12 heteroatoms. The highest BCUT2D eigenvalue weighted by molar-refractivity contribution is 7.89. The van der Waals surface area contributed by atoms with E-state index in [1.165, 1.54) is 22.5 Å². The number of aromatic nitrogens is 2. The first-order valence-corrected chi connectivity index (χ1v) is 11.4. The number of hydrogen-bond acceptors (Lipinski definition) is 5. The van der Waals surface area contributed by atoms with Crippen molar-refractivity contribution in [2.24, 2.45) is 0 Å². The van der Waals surface area contributed by atoms with Crippen LogP contribution in [-0.2, 0) is 27.5 Å². The second kappa shape index (κ2) is 9.13. The molecule has 3 rings (SSSR count). The van der Waals surface area contributed by atoms with Crippen LogP contribution in [0.1, 0.15) is 25.1 Å². The average Bonchev–Trinajstić information content (AvgIpc) is 3.33. The van der Waals surface area contributed by atoms with Crippen molar-refractivity contribution in [3.05, 3.63) is 24.0 Å². The summed E-state index contributed by atoms with van der Waals surface area (Å²) in [6, 6.07) is 3.79. The van der Waals surface area contributed by atoms with Crippen LogP contribution in [0.4, 0.5) is 13.2 Å². The van der Waals surface area contributed by atoms with Crippen molar-refractivity contribution >= 4 is 27.0 Å². The van der Waals surface area contributed by atoms with Gasteiger partial charge in [0, 0.05) is 39.1 Å². The highest BCUT2D eigenvalue weighted by atomic mass is 32.2. The number of carbonyl (C=O) groups is 1. The van der Waals surface area contributed by atoms with Crippen LogP contribution in [0, 0.1) is 0 Å². The van der Waals surface area contributed by atoms with Gasteiger partial charge in [-0.25, -0.2) is 13.4 Å². The molecule has 0 bridgehead atoms. The largest absolute Gasteiger partial charge is 0.449 e. The number of aryl methyl sites for hydroxylation is 1. The van der Waals surface area contributed by atoms with Crippen LogP contribution >= 0.6 is 0 Å². The van der Waals surface area contributed by atoms with Crippen LogP contribution < -0.4 is 5.32 Å². The van der Waals surface area contributed by atoms with E-state index in [9.17, 15) is 26.4 Å². The molecule has 0 saturated carbocycles. The van der Waals surface area contributed by atoms with Gasteiger partial charge in [0.2, 0.25) is 21.8 Å². The summed E-state index contributed by atoms with van der Waals surface area (Å²) >= 11 is 0. The van der Waals surface area contributed by atoms with Crippen molar-refractivity contribution in [1.82, 2.24) is 24.1 Å². The zero-order valence-electron chi connectivity index (χ0n) is 17.4. The molecule has 2 aromatic rings. The highest BCUT2D eigenvalue weighted by Crippen LogP contribution is 2.33. The molecular formula is C19H26F3N5O3S. The molecule has 1 saturated heterocycles. The minimum Gasteiger partial charge on any atom is -0.355 e. The number of nitrogens with zero attached hydrogens (tertiary/aromatic N) is 4. The second-order valence-electron chi connectivity index (χ2n) is 7.75. The number of hydrogen-bond donors (Lipinski definition) is 1. The summed E-state index contributed by atoms with van der Waals surface area (Å²) < 4.78 is 68.4. The summed E-state index contributed by atoms with van der Waals surface area (Å²) in [6.45, 7) is 1.57. The number of alkyl halides is 3. The minimum atomic E-state index is -4.74. The zero-order chi connectivity index (χ0) is 22.8. The number of imidazole rings is 1. The molecule has 1 aromatic heterocycles. The Hall–Kier alpha value is -2.18. The maximum absolute atomic E-state index is 13.6.